The predicted octanol–water partition coefficient (Wildman–Crippen LogP) is 2.44. The van der Waals surface area contributed by atoms with Crippen LogP contribution in [0.15, 0.2) is 30.3 Å². The van der Waals surface area contributed by atoms with Gasteiger partial charge in [0.1, 0.15) is 0 Å². The zero-order chi connectivity index (χ0) is 12.0. The fourth-order valence-electron chi connectivity index (χ4n) is 1.40. The Hall–Kier alpha value is -1.09. The van der Waals surface area contributed by atoms with Gasteiger partial charge in [-0.15, -0.1) is 0 Å². The summed E-state index contributed by atoms with van der Waals surface area (Å²) in [7, 11) is 2.03. The van der Waals surface area contributed by atoms with Crippen molar-refractivity contribution >= 4 is 17.3 Å². The van der Waals surface area contributed by atoms with Crippen LogP contribution in [0, 0.1) is 0 Å². The van der Waals surface area contributed by atoms with Gasteiger partial charge in [0.15, 0.2) is 5.11 Å². The lowest BCUT2D eigenvalue weighted by atomic mass is 10.1. The van der Waals surface area contributed by atoms with Crippen molar-refractivity contribution in [2.45, 2.75) is 26.3 Å². The third-order valence-corrected chi connectivity index (χ3v) is 2.77. The Labute approximate surface area is 104 Å². The van der Waals surface area contributed by atoms with Gasteiger partial charge in [-0.2, -0.15) is 0 Å². The molecule has 1 aromatic rings. The summed E-state index contributed by atoms with van der Waals surface area (Å²) in [6.07, 6.45) is 1.03. The highest BCUT2D eigenvalue weighted by Gasteiger charge is 2.04. The Morgan fingerprint density at radius 3 is 2.50 bits per heavy atom. The molecule has 0 aliphatic carbocycles. The minimum atomic E-state index is 0.395. The van der Waals surface area contributed by atoms with Gasteiger partial charge in [-0.1, -0.05) is 30.3 Å². The van der Waals surface area contributed by atoms with E-state index in [0.717, 1.165) is 18.1 Å². The first-order chi connectivity index (χ1) is 7.59. The number of benzene rings is 1. The predicted molar refractivity (Wildman–Crippen MR) is 73.6 cm³/mol. The molecule has 0 spiro atoms. The lowest BCUT2D eigenvalue weighted by molar-refractivity contribution is 0.488. The first-order valence-electron chi connectivity index (χ1n) is 5.65. The number of nitrogens with zero attached hydrogens (tertiary/aromatic N) is 1. The SMILES string of the molecule is CC(C)NC(=S)N(C)CCc1ccccc1. The summed E-state index contributed by atoms with van der Waals surface area (Å²) in [5, 5.41) is 4.06. The molecular weight excluding hydrogens is 216 g/mol. The molecule has 0 aromatic heterocycles. The van der Waals surface area contributed by atoms with E-state index in [0.29, 0.717) is 6.04 Å². The normalized spacial score (nSPS) is 10.2. The number of hydrogen-bond donors (Lipinski definition) is 1. The van der Waals surface area contributed by atoms with Crippen LogP contribution in [0.5, 0.6) is 0 Å². The van der Waals surface area contributed by atoms with Crippen molar-refractivity contribution in [2.24, 2.45) is 0 Å². The van der Waals surface area contributed by atoms with Gasteiger partial charge in [0.25, 0.3) is 0 Å². The molecule has 0 aliphatic rings. The van der Waals surface area contributed by atoms with E-state index in [1.54, 1.807) is 0 Å². The van der Waals surface area contributed by atoms with Crippen molar-refractivity contribution in [1.29, 1.82) is 0 Å². The van der Waals surface area contributed by atoms with Crippen LogP contribution in [0.2, 0.25) is 0 Å². The van der Waals surface area contributed by atoms with Gasteiger partial charge in [-0.25, -0.2) is 0 Å². The maximum Gasteiger partial charge on any atom is 0.168 e. The zero-order valence-corrected chi connectivity index (χ0v) is 11.1. The van der Waals surface area contributed by atoms with Crippen molar-refractivity contribution in [1.82, 2.24) is 10.2 Å². The number of thiocarbonyl (C=S) groups is 1. The van der Waals surface area contributed by atoms with Crippen molar-refractivity contribution in [3.8, 4) is 0 Å². The molecule has 0 radical (unpaired) electrons. The molecule has 0 atom stereocenters. The first kappa shape index (κ1) is 13.0. The molecule has 16 heavy (non-hydrogen) atoms. The number of rotatable bonds is 4. The van der Waals surface area contributed by atoms with Crippen LogP contribution < -0.4 is 5.32 Å². The molecule has 0 saturated heterocycles. The maximum absolute atomic E-state index is 5.28. The van der Waals surface area contributed by atoms with Crippen molar-refractivity contribution in [2.75, 3.05) is 13.6 Å². The molecule has 0 aliphatic heterocycles. The molecule has 1 N–H and O–H groups in total. The molecule has 0 saturated carbocycles. The molecule has 1 aromatic carbocycles. The number of hydrogen-bond acceptors (Lipinski definition) is 1. The molecule has 3 heteroatoms. The van der Waals surface area contributed by atoms with Gasteiger partial charge >= 0.3 is 0 Å². The third kappa shape index (κ3) is 4.62. The fraction of sp³-hybridized carbons (Fsp3) is 0.462. The van der Waals surface area contributed by atoms with E-state index in [4.69, 9.17) is 12.2 Å². The minimum absolute atomic E-state index is 0.395. The molecule has 1 rings (SSSR count). The average Bonchev–Trinajstić information content (AvgIpc) is 2.26. The Balaban J connectivity index is 2.35. The molecule has 2 nitrogen and oxygen atoms in total. The average molecular weight is 236 g/mol. The van der Waals surface area contributed by atoms with E-state index >= 15 is 0 Å². The van der Waals surface area contributed by atoms with Crippen LogP contribution in [-0.2, 0) is 6.42 Å². The van der Waals surface area contributed by atoms with Gasteiger partial charge in [-0.3, -0.25) is 0 Å². The van der Waals surface area contributed by atoms with E-state index in [-0.39, 0.29) is 0 Å². The van der Waals surface area contributed by atoms with Crippen LogP contribution in [-0.4, -0.2) is 29.6 Å². The lowest BCUT2D eigenvalue weighted by Gasteiger charge is -2.22. The first-order valence-corrected chi connectivity index (χ1v) is 6.06. The van der Waals surface area contributed by atoms with Crippen LogP contribution in [0.1, 0.15) is 19.4 Å². The van der Waals surface area contributed by atoms with E-state index in [1.807, 2.05) is 13.1 Å². The van der Waals surface area contributed by atoms with E-state index < -0.39 is 0 Å². The number of likely N-dealkylation sites (N-methyl/N-ethyl adjacent to an activating group) is 1. The molecule has 0 heterocycles. The van der Waals surface area contributed by atoms with Crippen LogP contribution in [0.25, 0.3) is 0 Å². The van der Waals surface area contributed by atoms with Crippen LogP contribution >= 0.6 is 12.2 Å². The monoisotopic (exact) mass is 236 g/mol. The van der Waals surface area contributed by atoms with Crippen molar-refractivity contribution < 1.29 is 0 Å². The van der Waals surface area contributed by atoms with E-state index in [2.05, 4.69) is 48.3 Å². The third-order valence-electron chi connectivity index (χ3n) is 2.34. The number of nitrogens with one attached hydrogen (secondary N) is 1. The van der Waals surface area contributed by atoms with Gasteiger partial charge in [0, 0.05) is 19.6 Å². The topological polar surface area (TPSA) is 15.3 Å². The Morgan fingerprint density at radius 1 is 1.31 bits per heavy atom. The van der Waals surface area contributed by atoms with Crippen molar-refractivity contribution in [3.05, 3.63) is 35.9 Å². The molecule has 88 valence electrons. The zero-order valence-electron chi connectivity index (χ0n) is 10.2. The Kier molecular flexibility index (Phi) is 5.26. The standard InChI is InChI=1S/C13H20N2S/c1-11(2)14-13(16)15(3)10-9-12-7-5-4-6-8-12/h4-8,11H,9-10H2,1-3H3,(H,14,16). The molecule has 0 fully saturated rings. The summed E-state index contributed by atoms with van der Waals surface area (Å²) >= 11 is 5.28. The second-order valence-electron chi connectivity index (χ2n) is 4.26. The molecular formula is C13H20N2S. The largest absolute Gasteiger partial charge is 0.360 e. The van der Waals surface area contributed by atoms with E-state index in [1.165, 1.54) is 5.56 Å². The minimum Gasteiger partial charge on any atom is -0.360 e. The quantitative estimate of drug-likeness (QED) is 0.808. The molecule has 0 bridgehead atoms. The highest BCUT2D eigenvalue weighted by Crippen LogP contribution is 2.00. The Morgan fingerprint density at radius 2 is 1.94 bits per heavy atom. The van der Waals surface area contributed by atoms with Gasteiger partial charge in [0.05, 0.1) is 0 Å². The molecule has 0 unspecified atom stereocenters. The highest BCUT2D eigenvalue weighted by molar-refractivity contribution is 7.80. The van der Waals surface area contributed by atoms with Crippen molar-refractivity contribution in [3.63, 3.8) is 0 Å². The Bertz CT molecular complexity index is 322. The summed E-state index contributed by atoms with van der Waals surface area (Å²) in [5.41, 5.74) is 1.35. The molecule has 0 amide bonds. The maximum atomic E-state index is 5.28. The smallest absolute Gasteiger partial charge is 0.168 e. The van der Waals surface area contributed by atoms with Gasteiger partial charge in [-0.05, 0) is 38.0 Å². The summed E-state index contributed by atoms with van der Waals surface area (Å²) in [4.78, 5) is 2.09. The summed E-state index contributed by atoms with van der Waals surface area (Å²) in [6.45, 7) is 5.14. The highest BCUT2D eigenvalue weighted by atomic mass is 32.1. The van der Waals surface area contributed by atoms with Gasteiger partial charge in [0.2, 0.25) is 0 Å². The summed E-state index contributed by atoms with van der Waals surface area (Å²) in [6, 6.07) is 10.9. The second kappa shape index (κ2) is 6.48. The van der Waals surface area contributed by atoms with Crippen LogP contribution in [0.3, 0.4) is 0 Å². The second-order valence-corrected chi connectivity index (χ2v) is 4.65. The van der Waals surface area contributed by atoms with E-state index in [9.17, 15) is 0 Å². The van der Waals surface area contributed by atoms with Crippen LogP contribution in [0.4, 0.5) is 0 Å². The van der Waals surface area contributed by atoms with Gasteiger partial charge < -0.3 is 10.2 Å². The fourth-order valence-corrected chi connectivity index (χ4v) is 1.73. The summed E-state index contributed by atoms with van der Waals surface area (Å²) < 4.78 is 0. The summed E-state index contributed by atoms with van der Waals surface area (Å²) in [5.74, 6) is 0. The lowest BCUT2D eigenvalue weighted by Crippen LogP contribution is -2.41.